The summed E-state index contributed by atoms with van der Waals surface area (Å²) in [6.07, 6.45) is 4.46. The highest BCUT2D eigenvalue weighted by molar-refractivity contribution is 6.03. The molecule has 6 heteroatoms. The summed E-state index contributed by atoms with van der Waals surface area (Å²) in [6, 6.07) is 11.8. The zero-order chi connectivity index (χ0) is 20.4. The molecular weight excluding hydrogens is 364 g/mol. The molecule has 0 saturated carbocycles. The Labute approximate surface area is 171 Å². The van der Waals surface area contributed by atoms with E-state index in [4.69, 9.17) is 0 Å². The monoisotopic (exact) mass is 392 g/mol. The number of rotatable bonds is 5. The standard InChI is InChI=1S/C23H28N4O2/c1-16(2)17-6-5-7-19(12-17)27-15-18(13-22(27)28)23(29)25-21-9-8-20(14-24-21)26-10-3-4-11-26/h5-9,12,14,16,18H,3-4,10-11,13,15H2,1-2H3,(H,24,25,29). The van der Waals surface area contributed by atoms with Crippen molar-refractivity contribution in [3.63, 3.8) is 0 Å². The molecule has 1 aromatic carbocycles. The molecule has 2 aliphatic rings. The molecular formula is C23H28N4O2. The topological polar surface area (TPSA) is 65.5 Å². The van der Waals surface area contributed by atoms with Gasteiger partial charge in [-0.15, -0.1) is 0 Å². The zero-order valence-electron chi connectivity index (χ0n) is 17.1. The van der Waals surface area contributed by atoms with Gasteiger partial charge in [-0.2, -0.15) is 0 Å². The van der Waals surface area contributed by atoms with Crippen LogP contribution in [0.25, 0.3) is 0 Å². The van der Waals surface area contributed by atoms with Gasteiger partial charge in [-0.25, -0.2) is 4.98 Å². The number of anilines is 3. The second kappa shape index (κ2) is 8.23. The van der Waals surface area contributed by atoms with Crippen molar-refractivity contribution in [3.8, 4) is 0 Å². The van der Waals surface area contributed by atoms with E-state index in [1.54, 1.807) is 4.90 Å². The van der Waals surface area contributed by atoms with Crippen LogP contribution in [0.1, 0.15) is 44.6 Å². The number of amides is 2. The highest BCUT2D eigenvalue weighted by Gasteiger charge is 2.35. The van der Waals surface area contributed by atoms with Gasteiger partial charge in [0.05, 0.1) is 17.8 Å². The lowest BCUT2D eigenvalue weighted by Crippen LogP contribution is -2.28. The Morgan fingerprint density at radius 1 is 1.14 bits per heavy atom. The number of nitrogens with zero attached hydrogens (tertiary/aromatic N) is 3. The summed E-state index contributed by atoms with van der Waals surface area (Å²) >= 11 is 0. The van der Waals surface area contributed by atoms with E-state index in [1.165, 1.54) is 18.4 Å². The van der Waals surface area contributed by atoms with Crippen molar-refractivity contribution in [1.82, 2.24) is 4.98 Å². The zero-order valence-corrected chi connectivity index (χ0v) is 17.1. The molecule has 0 spiro atoms. The van der Waals surface area contributed by atoms with E-state index in [1.807, 2.05) is 36.5 Å². The third-order valence-corrected chi connectivity index (χ3v) is 5.81. The molecule has 0 aliphatic carbocycles. The first-order chi connectivity index (χ1) is 14.0. The van der Waals surface area contributed by atoms with Gasteiger partial charge in [-0.05, 0) is 48.6 Å². The second-order valence-electron chi connectivity index (χ2n) is 8.24. The van der Waals surface area contributed by atoms with Crippen LogP contribution in [0.5, 0.6) is 0 Å². The second-order valence-corrected chi connectivity index (χ2v) is 8.24. The van der Waals surface area contributed by atoms with E-state index < -0.39 is 0 Å². The van der Waals surface area contributed by atoms with E-state index in [-0.39, 0.29) is 24.2 Å². The van der Waals surface area contributed by atoms with Gasteiger partial charge in [0.2, 0.25) is 11.8 Å². The van der Waals surface area contributed by atoms with Crippen LogP contribution in [0, 0.1) is 5.92 Å². The minimum absolute atomic E-state index is 0.0107. The number of benzene rings is 1. The molecule has 1 atom stereocenters. The fraction of sp³-hybridized carbons (Fsp3) is 0.435. The molecule has 152 valence electrons. The van der Waals surface area contributed by atoms with Crippen molar-refractivity contribution in [2.45, 2.75) is 39.0 Å². The lowest BCUT2D eigenvalue weighted by molar-refractivity contribution is -0.122. The molecule has 6 nitrogen and oxygen atoms in total. The van der Waals surface area contributed by atoms with Gasteiger partial charge < -0.3 is 15.1 Å². The summed E-state index contributed by atoms with van der Waals surface area (Å²) in [5.74, 6) is 0.392. The SMILES string of the molecule is CC(C)c1cccc(N2CC(C(=O)Nc3ccc(N4CCCC4)cn3)CC2=O)c1. The van der Waals surface area contributed by atoms with Gasteiger partial charge in [0.15, 0.2) is 0 Å². The number of carbonyl (C=O) groups is 2. The number of hydrogen-bond acceptors (Lipinski definition) is 4. The third-order valence-electron chi connectivity index (χ3n) is 5.81. The Kier molecular flexibility index (Phi) is 5.51. The Hall–Kier alpha value is -2.89. The van der Waals surface area contributed by atoms with Gasteiger partial charge in [-0.3, -0.25) is 9.59 Å². The first kappa shape index (κ1) is 19.4. The van der Waals surface area contributed by atoms with Crippen molar-refractivity contribution in [2.75, 3.05) is 34.8 Å². The van der Waals surface area contributed by atoms with Crippen LogP contribution in [0.15, 0.2) is 42.6 Å². The van der Waals surface area contributed by atoms with E-state index in [0.717, 1.165) is 24.5 Å². The Bertz CT molecular complexity index is 888. The number of pyridine rings is 1. The smallest absolute Gasteiger partial charge is 0.230 e. The van der Waals surface area contributed by atoms with Crippen molar-refractivity contribution >= 4 is 29.0 Å². The lowest BCUT2D eigenvalue weighted by Gasteiger charge is -2.19. The molecule has 29 heavy (non-hydrogen) atoms. The van der Waals surface area contributed by atoms with Crippen molar-refractivity contribution in [1.29, 1.82) is 0 Å². The predicted octanol–water partition coefficient (Wildman–Crippen LogP) is 3.80. The molecule has 1 unspecified atom stereocenters. The van der Waals surface area contributed by atoms with E-state index in [0.29, 0.717) is 18.3 Å². The summed E-state index contributed by atoms with van der Waals surface area (Å²) in [6.45, 7) is 6.78. The van der Waals surface area contributed by atoms with E-state index >= 15 is 0 Å². The largest absolute Gasteiger partial charge is 0.370 e. The molecule has 2 fully saturated rings. The first-order valence-electron chi connectivity index (χ1n) is 10.4. The molecule has 2 amide bonds. The summed E-state index contributed by atoms with van der Waals surface area (Å²) in [5, 5.41) is 2.88. The first-order valence-corrected chi connectivity index (χ1v) is 10.4. The Morgan fingerprint density at radius 2 is 1.93 bits per heavy atom. The average molecular weight is 393 g/mol. The number of nitrogens with one attached hydrogen (secondary N) is 1. The van der Waals surface area contributed by atoms with E-state index in [9.17, 15) is 9.59 Å². The molecule has 2 aliphatic heterocycles. The predicted molar refractivity (Wildman–Crippen MR) is 115 cm³/mol. The highest BCUT2D eigenvalue weighted by atomic mass is 16.2. The number of hydrogen-bond donors (Lipinski definition) is 1. The minimum atomic E-state index is -0.370. The highest BCUT2D eigenvalue weighted by Crippen LogP contribution is 2.28. The maximum absolute atomic E-state index is 12.7. The normalized spacial score (nSPS) is 19.3. The summed E-state index contributed by atoms with van der Waals surface area (Å²) in [4.78, 5) is 33.7. The number of carbonyl (C=O) groups excluding carboxylic acids is 2. The van der Waals surface area contributed by atoms with Gasteiger partial charge in [-0.1, -0.05) is 26.0 Å². The lowest BCUT2D eigenvalue weighted by atomic mass is 10.0. The van der Waals surface area contributed by atoms with Gasteiger partial charge in [0, 0.05) is 31.7 Å². The molecule has 4 rings (SSSR count). The van der Waals surface area contributed by atoms with Crippen molar-refractivity contribution in [2.24, 2.45) is 5.92 Å². The van der Waals surface area contributed by atoms with Crippen LogP contribution in [0.3, 0.4) is 0 Å². The van der Waals surface area contributed by atoms with Crippen molar-refractivity contribution < 1.29 is 9.59 Å². The van der Waals surface area contributed by atoms with Crippen LogP contribution < -0.4 is 15.1 Å². The molecule has 1 aromatic heterocycles. The summed E-state index contributed by atoms with van der Waals surface area (Å²) < 4.78 is 0. The van der Waals surface area contributed by atoms with Crippen LogP contribution in [-0.4, -0.2) is 36.4 Å². The Morgan fingerprint density at radius 3 is 2.62 bits per heavy atom. The average Bonchev–Trinajstić information content (AvgIpc) is 3.39. The Balaban J connectivity index is 1.39. The molecule has 2 saturated heterocycles. The number of aromatic nitrogens is 1. The molecule has 1 N–H and O–H groups in total. The van der Waals surface area contributed by atoms with Gasteiger partial charge >= 0.3 is 0 Å². The van der Waals surface area contributed by atoms with Crippen LogP contribution in [0.4, 0.5) is 17.2 Å². The maximum Gasteiger partial charge on any atom is 0.230 e. The minimum Gasteiger partial charge on any atom is -0.370 e. The molecule has 0 bridgehead atoms. The van der Waals surface area contributed by atoms with Crippen LogP contribution in [-0.2, 0) is 9.59 Å². The fourth-order valence-electron chi connectivity index (χ4n) is 4.04. The van der Waals surface area contributed by atoms with Gasteiger partial charge in [0.25, 0.3) is 0 Å². The molecule has 2 aromatic rings. The van der Waals surface area contributed by atoms with Crippen LogP contribution in [0.2, 0.25) is 0 Å². The molecule has 3 heterocycles. The van der Waals surface area contributed by atoms with E-state index in [2.05, 4.69) is 35.1 Å². The summed E-state index contributed by atoms with van der Waals surface area (Å²) in [5.41, 5.74) is 3.14. The third kappa shape index (κ3) is 4.26. The van der Waals surface area contributed by atoms with Gasteiger partial charge in [0.1, 0.15) is 5.82 Å². The fourth-order valence-corrected chi connectivity index (χ4v) is 4.04. The van der Waals surface area contributed by atoms with Crippen molar-refractivity contribution in [3.05, 3.63) is 48.2 Å². The van der Waals surface area contributed by atoms with Crippen LogP contribution >= 0.6 is 0 Å². The summed E-state index contributed by atoms with van der Waals surface area (Å²) in [7, 11) is 0. The quantitative estimate of drug-likeness (QED) is 0.841. The molecule has 0 radical (unpaired) electrons. The maximum atomic E-state index is 12.7.